The fourth-order valence-electron chi connectivity index (χ4n) is 5.39. The van der Waals surface area contributed by atoms with Crippen LogP contribution in [0.1, 0.15) is 37.3 Å². The van der Waals surface area contributed by atoms with Gasteiger partial charge in [0.25, 0.3) is 0 Å². The topological polar surface area (TPSA) is 89.7 Å². The van der Waals surface area contributed by atoms with E-state index in [-0.39, 0.29) is 11.8 Å². The highest BCUT2D eigenvalue weighted by atomic mass is 19.4. The van der Waals surface area contributed by atoms with Gasteiger partial charge in [-0.2, -0.15) is 18.2 Å². The highest BCUT2D eigenvalue weighted by molar-refractivity contribution is 5.58. The van der Waals surface area contributed by atoms with Crippen molar-refractivity contribution < 1.29 is 22.6 Å². The van der Waals surface area contributed by atoms with Gasteiger partial charge in [0, 0.05) is 36.8 Å². The summed E-state index contributed by atoms with van der Waals surface area (Å²) < 4.78 is 50.3. The number of ether oxygens (including phenoxy) is 2. The lowest BCUT2D eigenvalue weighted by Crippen LogP contribution is -2.48. The van der Waals surface area contributed by atoms with Gasteiger partial charge in [-0.1, -0.05) is 0 Å². The van der Waals surface area contributed by atoms with Gasteiger partial charge in [-0.25, -0.2) is 14.5 Å². The molecule has 35 heavy (non-hydrogen) atoms. The molecule has 1 aliphatic heterocycles. The molecule has 4 heterocycles. The maximum absolute atomic E-state index is 12.8. The third-order valence-electron chi connectivity index (χ3n) is 7.15. The van der Waals surface area contributed by atoms with Crippen molar-refractivity contribution in [2.24, 2.45) is 11.8 Å². The minimum atomic E-state index is -4.42. The van der Waals surface area contributed by atoms with Crippen LogP contribution in [-0.2, 0) is 0 Å². The van der Waals surface area contributed by atoms with Crippen molar-refractivity contribution in [3.05, 3.63) is 30.2 Å². The first-order valence-electron chi connectivity index (χ1n) is 11.8. The molecule has 0 aromatic carbocycles. The van der Waals surface area contributed by atoms with E-state index in [4.69, 9.17) is 9.47 Å². The number of hydrogen-bond acceptors (Lipinski definition) is 8. The second kappa shape index (κ2) is 8.42. The zero-order valence-electron chi connectivity index (χ0n) is 19.2. The fourth-order valence-corrected chi connectivity index (χ4v) is 5.39. The molecule has 2 saturated carbocycles. The van der Waals surface area contributed by atoms with Crippen molar-refractivity contribution in [3.8, 4) is 11.6 Å². The highest BCUT2D eigenvalue weighted by Gasteiger charge is 2.43. The van der Waals surface area contributed by atoms with Crippen molar-refractivity contribution in [2.75, 3.05) is 37.0 Å². The van der Waals surface area contributed by atoms with E-state index in [1.807, 2.05) is 6.07 Å². The Morgan fingerprint density at radius 1 is 1.09 bits per heavy atom. The van der Waals surface area contributed by atoms with E-state index in [2.05, 4.69) is 30.3 Å². The lowest BCUT2D eigenvalue weighted by atomic mass is 9.92. The predicted octanol–water partition coefficient (Wildman–Crippen LogP) is 3.67. The minimum absolute atomic E-state index is 0.0859. The summed E-state index contributed by atoms with van der Waals surface area (Å²) in [6.07, 6.45) is 1.31. The number of rotatable bonds is 7. The molecule has 1 N–H and O–H groups in total. The number of alkyl halides is 3. The lowest BCUT2D eigenvalue weighted by molar-refractivity contribution is -0.153. The summed E-state index contributed by atoms with van der Waals surface area (Å²) in [6.45, 7) is 0.293. The van der Waals surface area contributed by atoms with Gasteiger partial charge in [-0.15, -0.1) is 5.10 Å². The first-order valence-corrected chi connectivity index (χ1v) is 11.8. The molecule has 0 radical (unpaired) electrons. The average molecular weight is 490 g/mol. The van der Waals surface area contributed by atoms with Gasteiger partial charge >= 0.3 is 6.18 Å². The molecule has 2 bridgehead atoms. The molecule has 3 atom stereocenters. The van der Waals surface area contributed by atoms with Crippen LogP contribution >= 0.6 is 0 Å². The summed E-state index contributed by atoms with van der Waals surface area (Å²) in [6, 6.07) is 5.40. The molecule has 9 nitrogen and oxygen atoms in total. The normalized spacial score (nSPS) is 24.1. The standard InChI is InChI=1S/C23H26F3N7O2/c1-34-19-8-18(27-12-28-19)32-9-14-4-5-15(10-32)20(14)29-22-30-21-17(35-11-23(24,25)26)7-6-16(13-2-3-13)33(21)31-22/h6-8,12-15,20H,2-5,9-11H2,1H3,(H,29,31)/t14-,15+,20-. The van der Waals surface area contributed by atoms with Gasteiger partial charge in [0.1, 0.15) is 12.1 Å². The Labute approximate surface area is 199 Å². The molecule has 1 saturated heterocycles. The Kier molecular flexibility index (Phi) is 5.33. The van der Waals surface area contributed by atoms with Crippen LogP contribution in [0.5, 0.6) is 11.6 Å². The van der Waals surface area contributed by atoms with Gasteiger partial charge in [-0.3, -0.25) is 0 Å². The molecule has 0 amide bonds. The number of hydrogen-bond donors (Lipinski definition) is 1. The van der Waals surface area contributed by atoms with Crippen LogP contribution in [0.3, 0.4) is 0 Å². The van der Waals surface area contributed by atoms with Crippen molar-refractivity contribution in [3.63, 3.8) is 0 Å². The maximum Gasteiger partial charge on any atom is 0.422 e. The number of aromatic nitrogens is 5. The van der Waals surface area contributed by atoms with Crippen molar-refractivity contribution >= 4 is 17.4 Å². The Morgan fingerprint density at radius 3 is 2.54 bits per heavy atom. The Hall–Kier alpha value is -3.31. The summed E-state index contributed by atoms with van der Waals surface area (Å²) in [5, 5.41) is 8.16. The molecular formula is C23H26F3N7O2. The van der Waals surface area contributed by atoms with Crippen LogP contribution in [0.15, 0.2) is 24.5 Å². The van der Waals surface area contributed by atoms with Crippen molar-refractivity contribution in [1.29, 1.82) is 0 Å². The quantitative estimate of drug-likeness (QED) is 0.538. The van der Waals surface area contributed by atoms with Crippen molar-refractivity contribution in [2.45, 2.75) is 43.8 Å². The van der Waals surface area contributed by atoms with Crippen LogP contribution in [0.25, 0.3) is 5.65 Å². The number of nitrogens with one attached hydrogen (secondary N) is 1. The largest absolute Gasteiger partial charge is 0.481 e. The van der Waals surface area contributed by atoms with E-state index in [9.17, 15) is 13.2 Å². The first-order chi connectivity index (χ1) is 16.9. The fraction of sp³-hybridized carbons (Fsp3) is 0.565. The number of halogens is 3. The average Bonchev–Trinajstić information content (AvgIpc) is 3.55. The lowest BCUT2D eigenvalue weighted by Gasteiger charge is -2.38. The molecule has 0 spiro atoms. The van der Waals surface area contributed by atoms with Gasteiger partial charge < -0.3 is 19.7 Å². The molecule has 3 fully saturated rings. The zero-order valence-corrected chi connectivity index (χ0v) is 19.2. The third-order valence-corrected chi connectivity index (χ3v) is 7.15. The maximum atomic E-state index is 12.8. The SMILES string of the molecule is COc1cc(N2C[C@H]3CC[C@@H](C2)[C@@H]3Nc2nc3c(OCC(F)(F)F)ccc(C4CC4)n3n2)ncn1. The summed E-state index contributed by atoms with van der Waals surface area (Å²) in [4.78, 5) is 15.3. The third kappa shape index (κ3) is 4.41. The van der Waals surface area contributed by atoms with Gasteiger partial charge in [0.05, 0.1) is 7.11 Å². The van der Waals surface area contributed by atoms with Gasteiger partial charge in [0.2, 0.25) is 11.8 Å². The Balaban J connectivity index is 1.23. The second-order valence-electron chi connectivity index (χ2n) is 9.56. The van der Waals surface area contributed by atoms with E-state index in [1.165, 1.54) is 6.33 Å². The van der Waals surface area contributed by atoms with Crippen LogP contribution in [-0.4, -0.2) is 63.6 Å². The highest BCUT2D eigenvalue weighted by Crippen LogP contribution is 2.42. The molecule has 6 rings (SSSR count). The number of nitrogens with zero attached hydrogens (tertiary/aromatic N) is 6. The smallest absolute Gasteiger partial charge is 0.422 e. The minimum Gasteiger partial charge on any atom is -0.481 e. The summed E-state index contributed by atoms with van der Waals surface area (Å²) in [7, 11) is 1.59. The predicted molar refractivity (Wildman–Crippen MR) is 121 cm³/mol. The van der Waals surface area contributed by atoms with Crippen molar-refractivity contribution in [1.82, 2.24) is 24.6 Å². The molecule has 12 heteroatoms. The van der Waals surface area contributed by atoms with Crippen LogP contribution in [0.4, 0.5) is 24.9 Å². The Bertz CT molecular complexity index is 1220. The summed E-state index contributed by atoms with van der Waals surface area (Å²) >= 11 is 0. The van der Waals surface area contributed by atoms with E-state index in [1.54, 1.807) is 23.8 Å². The molecule has 3 aromatic rings. The molecule has 0 unspecified atom stereocenters. The van der Waals surface area contributed by atoms with E-state index in [0.29, 0.717) is 35.2 Å². The summed E-state index contributed by atoms with van der Waals surface area (Å²) in [5.74, 6) is 2.98. The van der Waals surface area contributed by atoms with Gasteiger partial charge in [-0.05, 0) is 49.7 Å². The van der Waals surface area contributed by atoms with E-state index in [0.717, 1.165) is 50.3 Å². The van der Waals surface area contributed by atoms with Gasteiger partial charge in [0.15, 0.2) is 18.0 Å². The first kappa shape index (κ1) is 22.2. The molecular weight excluding hydrogens is 463 g/mol. The molecule has 186 valence electrons. The van der Waals surface area contributed by atoms with E-state index >= 15 is 0 Å². The zero-order chi connectivity index (χ0) is 24.2. The van der Waals surface area contributed by atoms with Crippen LogP contribution in [0, 0.1) is 11.8 Å². The summed E-state index contributed by atoms with van der Waals surface area (Å²) in [5.41, 5.74) is 1.27. The monoisotopic (exact) mass is 489 g/mol. The number of fused-ring (bicyclic) bond motifs is 3. The van der Waals surface area contributed by atoms with Crippen LogP contribution < -0.4 is 19.7 Å². The number of pyridine rings is 1. The number of anilines is 2. The number of methoxy groups -OCH3 is 1. The molecule has 3 aromatic heterocycles. The Morgan fingerprint density at radius 2 is 1.86 bits per heavy atom. The molecule has 2 aliphatic carbocycles. The second-order valence-corrected chi connectivity index (χ2v) is 9.56. The van der Waals surface area contributed by atoms with Crippen LogP contribution in [0.2, 0.25) is 0 Å². The molecule has 3 aliphatic rings. The van der Waals surface area contributed by atoms with E-state index < -0.39 is 12.8 Å². The number of piperidine rings is 1.